The Morgan fingerprint density at radius 2 is 2.15 bits per heavy atom. The predicted molar refractivity (Wildman–Crippen MR) is 42.7 cm³/mol. The Hall–Kier alpha value is -0.910. The van der Waals surface area contributed by atoms with E-state index in [1.54, 1.807) is 0 Å². The molecule has 0 amide bonds. The van der Waals surface area contributed by atoms with Crippen LogP contribution in [0, 0.1) is 0 Å². The number of carbonyl (C=O) groups is 1. The Morgan fingerprint density at radius 1 is 1.54 bits per heavy atom. The van der Waals surface area contributed by atoms with Gasteiger partial charge < -0.3 is 20.1 Å². The number of esters is 1. The van der Waals surface area contributed by atoms with E-state index in [1.165, 1.54) is 13.2 Å². The second-order valence-corrected chi connectivity index (χ2v) is 2.94. The van der Waals surface area contributed by atoms with Crippen molar-refractivity contribution in [1.29, 1.82) is 0 Å². The molecule has 3 N–H and O–H groups in total. The molecule has 0 saturated heterocycles. The minimum atomic E-state index is -1.23. The average molecular weight is 188 g/mol. The number of hydrogen-bond acceptors (Lipinski definition) is 5. The van der Waals surface area contributed by atoms with Gasteiger partial charge in [-0.05, 0) is 6.08 Å². The number of aliphatic hydroxyl groups is 3. The van der Waals surface area contributed by atoms with Crippen LogP contribution < -0.4 is 0 Å². The minimum Gasteiger partial charge on any atom is -0.466 e. The van der Waals surface area contributed by atoms with Crippen LogP contribution in [-0.4, -0.2) is 46.7 Å². The second-order valence-electron chi connectivity index (χ2n) is 2.94. The molecule has 0 aliphatic heterocycles. The van der Waals surface area contributed by atoms with Crippen LogP contribution in [0.2, 0.25) is 0 Å². The lowest BCUT2D eigenvalue weighted by molar-refractivity contribution is -0.137. The van der Waals surface area contributed by atoms with Gasteiger partial charge in [0.05, 0.1) is 13.2 Å². The Morgan fingerprint density at radius 3 is 2.62 bits per heavy atom. The molecule has 0 bridgehead atoms. The van der Waals surface area contributed by atoms with Gasteiger partial charge >= 0.3 is 5.97 Å². The van der Waals surface area contributed by atoms with Crippen LogP contribution in [0.5, 0.6) is 0 Å². The molecular weight excluding hydrogens is 176 g/mol. The van der Waals surface area contributed by atoms with Gasteiger partial charge in [-0.2, -0.15) is 0 Å². The summed E-state index contributed by atoms with van der Waals surface area (Å²) in [5.41, 5.74) is 0.188. The third kappa shape index (κ3) is 2.06. The number of hydrogen-bond donors (Lipinski definition) is 3. The van der Waals surface area contributed by atoms with Gasteiger partial charge in [-0.15, -0.1) is 0 Å². The van der Waals surface area contributed by atoms with Gasteiger partial charge in [0, 0.05) is 12.0 Å². The first-order chi connectivity index (χ1) is 6.06. The zero-order valence-electron chi connectivity index (χ0n) is 7.17. The third-order valence-corrected chi connectivity index (χ3v) is 1.99. The van der Waals surface area contributed by atoms with Gasteiger partial charge in [0.1, 0.15) is 12.2 Å². The molecule has 1 rings (SSSR count). The number of methoxy groups -OCH3 is 1. The van der Waals surface area contributed by atoms with Crippen molar-refractivity contribution >= 4 is 5.97 Å². The fraction of sp³-hybridized carbons (Fsp3) is 0.625. The molecule has 5 nitrogen and oxygen atoms in total. The zero-order valence-corrected chi connectivity index (χ0v) is 7.17. The summed E-state index contributed by atoms with van der Waals surface area (Å²) in [4.78, 5) is 11.0. The highest BCUT2D eigenvalue weighted by molar-refractivity contribution is 5.88. The van der Waals surface area contributed by atoms with Crippen LogP contribution in [0.15, 0.2) is 11.6 Å². The zero-order chi connectivity index (χ0) is 10.0. The van der Waals surface area contributed by atoms with Crippen molar-refractivity contribution in [2.45, 2.75) is 24.7 Å². The van der Waals surface area contributed by atoms with E-state index in [0.29, 0.717) is 0 Å². The fourth-order valence-corrected chi connectivity index (χ4v) is 1.23. The first kappa shape index (κ1) is 10.2. The van der Waals surface area contributed by atoms with Crippen molar-refractivity contribution < 1.29 is 24.9 Å². The molecule has 1 aliphatic carbocycles. The lowest BCUT2D eigenvalue weighted by Gasteiger charge is -2.26. The van der Waals surface area contributed by atoms with Crippen molar-refractivity contribution in [3.8, 4) is 0 Å². The Bertz CT molecular complexity index is 235. The molecule has 5 heteroatoms. The van der Waals surface area contributed by atoms with Gasteiger partial charge in [0.25, 0.3) is 0 Å². The minimum absolute atomic E-state index is 0.00486. The van der Waals surface area contributed by atoms with Crippen molar-refractivity contribution in [2.24, 2.45) is 0 Å². The number of aliphatic hydroxyl groups excluding tert-OH is 3. The van der Waals surface area contributed by atoms with E-state index in [4.69, 9.17) is 10.2 Å². The normalized spacial score (nSPS) is 33.8. The summed E-state index contributed by atoms with van der Waals surface area (Å²) in [7, 11) is 1.22. The fourth-order valence-electron chi connectivity index (χ4n) is 1.23. The third-order valence-electron chi connectivity index (χ3n) is 1.99. The molecular formula is C8H12O5. The maximum Gasteiger partial charge on any atom is 0.333 e. The SMILES string of the molecule is COC(=O)C1=C[C@H](O)[C@@H](O)[C@@H](O)C1. The van der Waals surface area contributed by atoms with Crippen molar-refractivity contribution in [1.82, 2.24) is 0 Å². The summed E-state index contributed by atoms with van der Waals surface area (Å²) in [6, 6.07) is 0. The maximum atomic E-state index is 11.0. The van der Waals surface area contributed by atoms with E-state index in [2.05, 4.69) is 4.74 Å². The van der Waals surface area contributed by atoms with Gasteiger partial charge in [-0.3, -0.25) is 0 Å². The average Bonchev–Trinajstić information content (AvgIpc) is 2.12. The smallest absolute Gasteiger partial charge is 0.333 e. The number of ether oxygens (including phenoxy) is 1. The highest BCUT2D eigenvalue weighted by atomic mass is 16.5. The summed E-state index contributed by atoms with van der Waals surface area (Å²) in [6.07, 6.45) is -2.35. The Labute approximate surface area is 75.3 Å². The standard InChI is InChI=1S/C8H12O5/c1-13-8(12)4-2-5(9)7(11)6(10)3-4/h2,5-7,9-11H,3H2,1H3/t5-,6-,7+/m0/s1. The van der Waals surface area contributed by atoms with Crippen molar-refractivity contribution in [2.75, 3.05) is 7.11 Å². The largest absolute Gasteiger partial charge is 0.466 e. The van der Waals surface area contributed by atoms with Gasteiger partial charge in [-0.1, -0.05) is 0 Å². The summed E-state index contributed by atoms with van der Waals surface area (Å²) >= 11 is 0. The van der Waals surface area contributed by atoms with E-state index in [1.807, 2.05) is 0 Å². The highest BCUT2D eigenvalue weighted by Crippen LogP contribution is 2.20. The predicted octanol–water partition coefficient (Wildman–Crippen LogP) is -1.43. The van der Waals surface area contributed by atoms with Crippen molar-refractivity contribution in [3.63, 3.8) is 0 Å². The molecule has 0 saturated carbocycles. The molecule has 3 atom stereocenters. The molecule has 0 radical (unpaired) electrons. The molecule has 74 valence electrons. The Balaban J connectivity index is 2.78. The number of rotatable bonds is 1. The molecule has 0 unspecified atom stereocenters. The van der Waals surface area contributed by atoms with Gasteiger partial charge in [0.2, 0.25) is 0 Å². The van der Waals surface area contributed by atoms with Crippen LogP contribution in [0.3, 0.4) is 0 Å². The second kappa shape index (κ2) is 3.87. The van der Waals surface area contributed by atoms with Crippen LogP contribution in [0.4, 0.5) is 0 Å². The molecule has 0 aromatic carbocycles. The molecule has 13 heavy (non-hydrogen) atoms. The lowest BCUT2D eigenvalue weighted by atomic mass is 9.92. The quantitative estimate of drug-likeness (QED) is 0.439. The van der Waals surface area contributed by atoms with E-state index in [-0.39, 0.29) is 12.0 Å². The van der Waals surface area contributed by atoms with E-state index < -0.39 is 24.3 Å². The molecule has 0 aromatic heterocycles. The van der Waals surface area contributed by atoms with E-state index >= 15 is 0 Å². The van der Waals surface area contributed by atoms with Gasteiger partial charge in [-0.25, -0.2) is 4.79 Å². The van der Waals surface area contributed by atoms with Crippen LogP contribution in [-0.2, 0) is 9.53 Å². The lowest BCUT2D eigenvalue weighted by Crippen LogP contribution is -2.40. The van der Waals surface area contributed by atoms with Crippen LogP contribution in [0.1, 0.15) is 6.42 Å². The summed E-state index contributed by atoms with van der Waals surface area (Å²) in [6.45, 7) is 0. The topological polar surface area (TPSA) is 87.0 Å². The van der Waals surface area contributed by atoms with Crippen LogP contribution >= 0.6 is 0 Å². The van der Waals surface area contributed by atoms with Crippen LogP contribution in [0.25, 0.3) is 0 Å². The molecule has 0 aromatic rings. The summed E-state index contributed by atoms with van der Waals surface area (Å²) < 4.78 is 4.41. The summed E-state index contributed by atoms with van der Waals surface area (Å²) in [5.74, 6) is -0.593. The molecule has 0 spiro atoms. The first-order valence-corrected chi connectivity index (χ1v) is 3.89. The van der Waals surface area contributed by atoms with Crippen molar-refractivity contribution in [3.05, 3.63) is 11.6 Å². The molecule has 0 heterocycles. The van der Waals surface area contributed by atoms with E-state index in [9.17, 15) is 9.90 Å². The Kier molecular flexibility index (Phi) is 3.02. The van der Waals surface area contributed by atoms with E-state index in [0.717, 1.165) is 0 Å². The number of carbonyl (C=O) groups excluding carboxylic acids is 1. The maximum absolute atomic E-state index is 11.0. The first-order valence-electron chi connectivity index (χ1n) is 3.89. The molecule has 0 fully saturated rings. The summed E-state index contributed by atoms with van der Waals surface area (Å²) in [5, 5.41) is 27.5. The molecule has 1 aliphatic rings. The highest BCUT2D eigenvalue weighted by Gasteiger charge is 2.31. The van der Waals surface area contributed by atoms with Gasteiger partial charge in [0.15, 0.2) is 0 Å². The monoisotopic (exact) mass is 188 g/mol.